The average molecular weight is 393 g/mol. The van der Waals surface area contributed by atoms with Gasteiger partial charge >= 0.3 is 0 Å². The highest BCUT2D eigenvalue weighted by Crippen LogP contribution is 2.17. The van der Waals surface area contributed by atoms with Crippen LogP contribution in [0.4, 0.5) is 4.39 Å². The lowest BCUT2D eigenvalue weighted by Crippen LogP contribution is -2.49. The van der Waals surface area contributed by atoms with Crippen molar-refractivity contribution in [1.29, 1.82) is 0 Å². The maximum absolute atomic E-state index is 13.2. The highest BCUT2D eigenvalue weighted by atomic mass is 35.5. The number of carbonyl (C=O) groups excluding carboxylic acids is 2. The van der Waals surface area contributed by atoms with Crippen LogP contribution in [-0.2, 0) is 16.1 Å². The second-order valence-electron chi connectivity index (χ2n) is 5.93. The molecule has 7 heteroatoms. The summed E-state index contributed by atoms with van der Waals surface area (Å²) in [6, 6.07) is 11.8. The van der Waals surface area contributed by atoms with Crippen molar-refractivity contribution < 1.29 is 18.7 Å². The van der Waals surface area contributed by atoms with Gasteiger partial charge in [-0.2, -0.15) is 0 Å². The molecule has 0 fully saturated rings. The van der Waals surface area contributed by atoms with Crippen molar-refractivity contribution in [3.8, 4) is 5.75 Å². The first-order valence-electron chi connectivity index (χ1n) is 8.58. The van der Waals surface area contributed by atoms with Crippen molar-refractivity contribution in [3.05, 3.63) is 64.9 Å². The molecule has 1 N–H and O–H groups in total. The van der Waals surface area contributed by atoms with E-state index in [2.05, 4.69) is 5.32 Å². The number of benzene rings is 2. The Morgan fingerprint density at radius 1 is 1.15 bits per heavy atom. The number of hydrogen-bond acceptors (Lipinski definition) is 3. The van der Waals surface area contributed by atoms with Gasteiger partial charge in [0.05, 0.1) is 0 Å². The van der Waals surface area contributed by atoms with Gasteiger partial charge in [0.1, 0.15) is 17.6 Å². The molecule has 0 aromatic heterocycles. The zero-order valence-electron chi connectivity index (χ0n) is 15.2. The van der Waals surface area contributed by atoms with Crippen molar-refractivity contribution in [2.45, 2.75) is 25.9 Å². The van der Waals surface area contributed by atoms with Crippen LogP contribution in [0.25, 0.3) is 0 Å². The number of nitrogens with zero attached hydrogens (tertiary/aromatic N) is 1. The molecular weight excluding hydrogens is 371 g/mol. The van der Waals surface area contributed by atoms with Crippen molar-refractivity contribution in [3.63, 3.8) is 0 Å². The zero-order valence-corrected chi connectivity index (χ0v) is 16.0. The van der Waals surface area contributed by atoms with Gasteiger partial charge in [-0.1, -0.05) is 30.7 Å². The number of hydrogen-bond donors (Lipinski definition) is 1. The van der Waals surface area contributed by atoms with Gasteiger partial charge in [-0.25, -0.2) is 4.39 Å². The summed E-state index contributed by atoms with van der Waals surface area (Å²) in [5.74, 6) is -0.465. The standard InChI is InChI=1S/C20H22ClFN2O3/c1-3-18(20(26)23-2)24(12-14-4-8-16(22)9-5-14)19(25)13-27-17-10-6-15(21)7-11-17/h4-11,18H,3,12-13H2,1-2H3,(H,23,26)/t18-/m0/s1. The largest absolute Gasteiger partial charge is 0.484 e. The number of halogens is 2. The van der Waals surface area contributed by atoms with Crippen LogP contribution in [0.15, 0.2) is 48.5 Å². The Kier molecular flexibility index (Phi) is 7.61. The van der Waals surface area contributed by atoms with Crippen LogP contribution >= 0.6 is 11.6 Å². The topological polar surface area (TPSA) is 58.6 Å². The number of carbonyl (C=O) groups is 2. The number of ether oxygens (including phenoxy) is 1. The molecule has 0 bridgehead atoms. The van der Waals surface area contributed by atoms with E-state index in [0.717, 1.165) is 5.56 Å². The van der Waals surface area contributed by atoms with Gasteiger partial charge in [-0.05, 0) is 48.4 Å². The first-order chi connectivity index (χ1) is 12.9. The maximum atomic E-state index is 13.2. The average Bonchev–Trinajstić information content (AvgIpc) is 2.68. The highest BCUT2D eigenvalue weighted by molar-refractivity contribution is 6.30. The van der Waals surface area contributed by atoms with E-state index in [9.17, 15) is 14.0 Å². The minimum absolute atomic E-state index is 0.176. The Hall–Kier alpha value is -2.60. The number of rotatable bonds is 8. The fourth-order valence-electron chi connectivity index (χ4n) is 2.63. The molecule has 0 spiro atoms. The maximum Gasteiger partial charge on any atom is 0.261 e. The first-order valence-corrected chi connectivity index (χ1v) is 8.96. The van der Waals surface area contributed by atoms with Crippen molar-refractivity contribution in [1.82, 2.24) is 10.2 Å². The molecule has 0 aliphatic rings. The molecule has 144 valence electrons. The molecule has 0 aliphatic heterocycles. The Bertz CT molecular complexity index is 766. The molecule has 0 aliphatic carbocycles. The fourth-order valence-corrected chi connectivity index (χ4v) is 2.76. The van der Waals surface area contributed by atoms with Crippen LogP contribution in [0.3, 0.4) is 0 Å². The first kappa shape index (κ1) is 20.7. The Labute approximate surface area is 163 Å². The van der Waals surface area contributed by atoms with E-state index in [1.165, 1.54) is 24.1 Å². The van der Waals surface area contributed by atoms with Gasteiger partial charge in [0.25, 0.3) is 5.91 Å². The highest BCUT2D eigenvalue weighted by Gasteiger charge is 2.28. The summed E-state index contributed by atoms with van der Waals surface area (Å²) in [6.07, 6.45) is 0.438. The minimum Gasteiger partial charge on any atom is -0.484 e. The van der Waals surface area contributed by atoms with E-state index in [4.69, 9.17) is 16.3 Å². The lowest BCUT2D eigenvalue weighted by molar-refractivity contribution is -0.142. The molecule has 2 aromatic rings. The minimum atomic E-state index is -0.652. The lowest BCUT2D eigenvalue weighted by atomic mass is 10.1. The SMILES string of the molecule is CC[C@@H](C(=O)NC)N(Cc1ccc(F)cc1)C(=O)COc1ccc(Cl)cc1. The normalized spacial score (nSPS) is 11.6. The van der Waals surface area contributed by atoms with Crippen molar-refractivity contribution in [2.24, 2.45) is 0 Å². The summed E-state index contributed by atoms with van der Waals surface area (Å²) in [5.41, 5.74) is 0.721. The third kappa shape index (κ3) is 5.96. The predicted octanol–water partition coefficient (Wildman–Crippen LogP) is 3.41. The second-order valence-corrected chi connectivity index (χ2v) is 6.37. The molecule has 1 atom stereocenters. The van der Waals surface area contributed by atoms with Crippen LogP contribution in [0.1, 0.15) is 18.9 Å². The van der Waals surface area contributed by atoms with E-state index in [-0.39, 0.29) is 30.8 Å². The van der Waals surface area contributed by atoms with E-state index in [0.29, 0.717) is 17.2 Å². The van der Waals surface area contributed by atoms with Gasteiger partial charge in [-0.15, -0.1) is 0 Å². The molecule has 27 heavy (non-hydrogen) atoms. The second kappa shape index (κ2) is 9.92. The monoisotopic (exact) mass is 392 g/mol. The van der Waals surface area contributed by atoms with Gasteiger partial charge in [-0.3, -0.25) is 9.59 Å². The Morgan fingerprint density at radius 3 is 2.33 bits per heavy atom. The molecule has 2 rings (SSSR count). The molecule has 5 nitrogen and oxygen atoms in total. The molecule has 0 radical (unpaired) electrons. The summed E-state index contributed by atoms with van der Waals surface area (Å²) in [6.45, 7) is 1.77. The number of nitrogens with one attached hydrogen (secondary N) is 1. The van der Waals surface area contributed by atoms with Gasteiger partial charge < -0.3 is 15.0 Å². The number of amides is 2. The lowest BCUT2D eigenvalue weighted by Gasteiger charge is -2.30. The molecular formula is C20H22ClFN2O3. The molecule has 2 amide bonds. The molecule has 0 heterocycles. The Morgan fingerprint density at radius 2 is 1.78 bits per heavy atom. The van der Waals surface area contributed by atoms with Gasteiger partial charge in [0, 0.05) is 18.6 Å². The van der Waals surface area contributed by atoms with E-state index in [1.54, 1.807) is 36.4 Å². The molecule has 0 saturated carbocycles. The quantitative estimate of drug-likeness (QED) is 0.749. The van der Waals surface area contributed by atoms with Crippen molar-refractivity contribution >= 4 is 23.4 Å². The van der Waals surface area contributed by atoms with Crippen molar-refractivity contribution in [2.75, 3.05) is 13.7 Å². The van der Waals surface area contributed by atoms with Crippen LogP contribution < -0.4 is 10.1 Å². The third-order valence-electron chi connectivity index (χ3n) is 4.07. The molecule has 0 unspecified atom stereocenters. The van der Waals surface area contributed by atoms with E-state index >= 15 is 0 Å². The smallest absolute Gasteiger partial charge is 0.261 e. The summed E-state index contributed by atoms with van der Waals surface area (Å²) >= 11 is 5.84. The van der Waals surface area contributed by atoms with Crippen LogP contribution in [-0.4, -0.2) is 36.4 Å². The van der Waals surface area contributed by atoms with Crippen LogP contribution in [0, 0.1) is 5.82 Å². The third-order valence-corrected chi connectivity index (χ3v) is 4.33. The summed E-state index contributed by atoms with van der Waals surface area (Å²) in [4.78, 5) is 26.5. The van der Waals surface area contributed by atoms with E-state index in [1.807, 2.05) is 6.92 Å². The van der Waals surface area contributed by atoms with Crippen LogP contribution in [0.5, 0.6) is 5.75 Å². The number of likely N-dealkylation sites (N-methyl/N-ethyl adjacent to an activating group) is 1. The summed E-state index contributed by atoms with van der Waals surface area (Å²) in [7, 11) is 1.52. The zero-order chi connectivity index (χ0) is 19.8. The molecule has 0 saturated heterocycles. The predicted molar refractivity (Wildman–Crippen MR) is 102 cm³/mol. The van der Waals surface area contributed by atoms with Crippen LogP contribution in [0.2, 0.25) is 5.02 Å². The summed E-state index contributed by atoms with van der Waals surface area (Å²) in [5, 5.41) is 3.14. The Balaban J connectivity index is 2.15. The van der Waals surface area contributed by atoms with Gasteiger partial charge in [0.2, 0.25) is 5.91 Å². The van der Waals surface area contributed by atoms with Gasteiger partial charge in [0.15, 0.2) is 6.61 Å². The fraction of sp³-hybridized carbons (Fsp3) is 0.300. The van der Waals surface area contributed by atoms with E-state index < -0.39 is 6.04 Å². The summed E-state index contributed by atoms with van der Waals surface area (Å²) < 4.78 is 18.7. The molecule has 2 aromatic carbocycles.